The molecule has 1 aliphatic rings. The molecule has 3 rings (SSSR count). The quantitative estimate of drug-likeness (QED) is 0.536. The van der Waals surface area contributed by atoms with Gasteiger partial charge < -0.3 is 5.32 Å². The van der Waals surface area contributed by atoms with E-state index in [9.17, 15) is 26.4 Å². The lowest BCUT2D eigenvalue weighted by molar-refractivity contribution is -0.137. The first-order valence-corrected chi connectivity index (χ1v) is 12.6. The number of alkyl halides is 3. The van der Waals surface area contributed by atoms with E-state index >= 15 is 0 Å². The van der Waals surface area contributed by atoms with Gasteiger partial charge in [-0.15, -0.1) is 11.8 Å². The van der Waals surface area contributed by atoms with Crippen molar-refractivity contribution in [1.82, 2.24) is 4.98 Å². The molecule has 1 N–H and O–H groups in total. The SMILES string of the molecule is O=C(CC1CCCC1)Nc1cccnc1SCCS(=O)(=O)c1cccc(C(F)(F)F)c1. The predicted octanol–water partition coefficient (Wildman–Crippen LogP) is 5.19. The van der Waals surface area contributed by atoms with Crippen molar-refractivity contribution in [2.24, 2.45) is 5.92 Å². The largest absolute Gasteiger partial charge is 0.416 e. The summed E-state index contributed by atoms with van der Waals surface area (Å²) in [4.78, 5) is 16.2. The molecule has 0 radical (unpaired) electrons. The number of sulfone groups is 1. The Labute approximate surface area is 183 Å². The summed E-state index contributed by atoms with van der Waals surface area (Å²) in [6.07, 6.45) is 1.77. The van der Waals surface area contributed by atoms with Crippen LogP contribution in [0.1, 0.15) is 37.7 Å². The fourth-order valence-electron chi connectivity index (χ4n) is 3.51. The number of amides is 1. The van der Waals surface area contributed by atoms with Crippen molar-refractivity contribution in [2.45, 2.75) is 48.2 Å². The van der Waals surface area contributed by atoms with Gasteiger partial charge in [0.15, 0.2) is 9.84 Å². The van der Waals surface area contributed by atoms with Crippen molar-refractivity contribution in [3.05, 3.63) is 48.2 Å². The Morgan fingerprint density at radius 2 is 1.90 bits per heavy atom. The van der Waals surface area contributed by atoms with E-state index in [-0.39, 0.29) is 22.3 Å². The number of thioether (sulfide) groups is 1. The van der Waals surface area contributed by atoms with E-state index in [0.717, 1.165) is 55.6 Å². The van der Waals surface area contributed by atoms with Crippen LogP contribution in [-0.2, 0) is 20.8 Å². The Hall–Kier alpha value is -2.07. The predicted molar refractivity (Wildman–Crippen MR) is 114 cm³/mol. The molecule has 2 aromatic rings. The van der Waals surface area contributed by atoms with Gasteiger partial charge in [-0.05, 0) is 49.1 Å². The van der Waals surface area contributed by atoms with Gasteiger partial charge in [-0.2, -0.15) is 13.2 Å². The van der Waals surface area contributed by atoms with Gasteiger partial charge in [0.05, 0.1) is 21.9 Å². The van der Waals surface area contributed by atoms with Crippen LogP contribution in [0.3, 0.4) is 0 Å². The van der Waals surface area contributed by atoms with Crippen LogP contribution in [0.5, 0.6) is 0 Å². The first-order chi connectivity index (χ1) is 14.6. The monoisotopic (exact) mass is 472 g/mol. The summed E-state index contributed by atoms with van der Waals surface area (Å²) < 4.78 is 63.6. The number of carbonyl (C=O) groups excluding carboxylic acids is 1. The van der Waals surface area contributed by atoms with Gasteiger partial charge in [-0.3, -0.25) is 4.79 Å². The van der Waals surface area contributed by atoms with Crippen LogP contribution < -0.4 is 5.32 Å². The van der Waals surface area contributed by atoms with Crippen LogP contribution in [0.15, 0.2) is 52.5 Å². The maximum absolute atomic E-state index is 12.9. The standard InChI is InChI=1S/C21H23F3N2O3S2/c22-21(23,24)16-7-3-8-17(14-16)31(28,29)12-11-30-20-18(9-4-10-25-20)26-19(27)13-15-5-1-2-6-15/h3-4,7-10,14-15H,1-2,5-6,11-13H2,(H,26,27). The van der Waals surface area contributed by atoms with Crippen LogP contribution in [0.25, 0.3) is 0 Å². The van der Waals surface area contributed by atoms with Crippen LogP contribution in [-0.4, -0.2) is 30.8 Å². The van der Waals surface area contributed by atoms with Crippen LogP contribution in [0, 0.1) is 5.92 Å². The van der Waals surface area contributed by atoms with Gasteiger partial charge in [0.1, 0.15) is 5.03 Å². The lowest BCUT2D eigenvalue weighted by atomic mass is 10.0. The molecule has 1 saturated carbocycles. The number of benzene rings is 1. The number of halogens is 3. The number of nitrogens with zero attached hydrogens (tertiary/aromatic N) is 1. The Bertz CT molecular complexity index is 1020. The molecule has 1 heterocycles. The zero-order valence-electron chi connectivity index (χ0n) is 16.7. The molecule has 0 unspecified atom stereocenters. The zero-order valence-corrected chi connectivity index (χ0v) is 18.3. The molecule has 5 nitrogen and oxygen atoms in total. The third-order valence-corrected chi connectivity index (χ3v) is 8.08. The second-order valence-electron chi connectivity index (χ2n) is 7.45. The van der Waals surface area contributed by atoms with Gasteiger partial charge in [-0.25, -0.2) is 13.4 Å². The van der Waals surface area contributed by atoms with E-state index < -0.39 is 21.6 Å². The summed E-state index contributed by atoms with van der Waals surface area (Å²) in [5.41, 5.74) is -0.495. The number of rotatable bonds is 8. The Morgan fingerprint density at radius 3 is 2.61 bits per heavy atom. The summed E-state index contributed by atoms with van der Waals surface area (Å²) in [6.45, 7) is 0. The average molecular weight is 473 g/mol. The minimum absolute atomic E-state index is 0.0844. The smallest absolute Gasteiger partial charge is 0.324 e. The number of anilines is 1. The van der Waals surface area contributed by atoms with Crippen molar-refractivity contribution in [3.63, 3.8) is 0 Å². The molecule has 1 amide bonds. The normalized spacial score (nSPS) is 15.2. The van der Waals surface area contributed by atoms with E-state index in [0.29, 0.717) is 29.1 Å². The van der Waals surface area contributed by atoms with Crippen LogP contribution in [0.2, 0.25) is 0 Å². The fraction of sp³-hybridized carbons (Fsp3) is 0.429. The lowest BCUT2D eigenvalue weighted by Crippen LogP contribution is -2.16. The molecule has 168 valence electrons. The number of aromatic nitrogens is 1. The van der Waals surface area contributed by atoms with E-state index in [1.54, 1.807) is 12.1 Å². The van der Waals surface area contributed by atoms with Gasteiger partial charge >= 0.3 is 6.18 Å². The summed E-state index contributed by atoms with van der Waals surface area (Å²) >= 11 is 1.14. The summed E-state index contributed by atoms with van der Waals surface area (Å²) in [5.74, 6) is 0.0234. The van der Waals surface area contributed by atoms with E-state index in [4.69, 9.17) is 0 Å². The molecular formula is C21H23F3N2O3S2. The number of pyridine rings is 1. The third-order valence-electron chi connectivity index (χ3n) is 5.11. The zero-order chi connectivity index (χ0) is 22.5. The van der Waals surface area contributed by atoms with Gasteiger partial charge in [0, 0.05) is 18.4 Å². The highest BCUT2D eigenvalue weighted by Gasteiger charge is 2.31. The molecule has 0 atom stereocenters. The molecule has 1 aromatic carbocycles. The number of hydrogen-bond acceptors (Lipinski definition) is 5. The highest BCUT2D eigenvalue weighted by molar-refractivity contribution is 8.00. The first kappa shape index (κ1) is 23.6. The average Bonchev–Trinajstić information content (AvgIpc) is 3.21. The summed E-state index contributed by atoms with van der Waals surface area (Å²) in [6, 6.07) is 7.10. The van der Waals surface area contributed by atoms with Gasteiger partial charge in [0.2, 0.25) is 5.91 Å². The molecule has 0 aliphatic heterocycles. The summed E-state index contributed by atoms with van der Waals surface area (Å²) in [5, 5.41) is 3.32. The molecule has 0 spiro atoms. The minimum atomic E-state index is -4.61. The topological polar surface area (TPSA) is 76.1 Å². The molecule has 1 aliphatic carbocycles. The highest BCUT2D eigenvalue weighted by atomic mass is 32.2. The second kappa shape index (κ2) is 10.0. The second-order valence-corrected chi connectivity index (χ2v) is 10.6. The fourth-order valence-corrected chi connectivity index (χ4v) is 6.15. The van der Waals surface area contributed by atoms with E-state index in [1.807, 2.05) is 0 Å². The Kier molecular flexibility index (Phi) is 7.64. The molecule has 10 heteroatoms. The minimum Gasteiger partial charge on any atom is -0.324 e. The molecule has 0 saturated heterocycles. The number of carbonyl (C=O) groups is 1. The van der Waals surface area contributed by atoms with Gasteiger partial charge in [-0.1, -0.05) is 18.9 Å². The number of nitrogens with one attached hydrogen (secondary N) is 1. The van der Waals surface area contributed by atoms with E-state index in [2.05, 4.69) is 10.3 Å². The molecule has 1 aromatic heterocycles. The van der Waals surface area contributed by atoms with Crippen LogP contribution >= 0.6 is 11.8 Å². The molecule has 0 bridgehead atoms. The maximum Gasteiger partial charge on any atom is 0.416 e. The maximum atomic E-state index is 12.9. The molecule has 1 fully saturated rings. The van der Waals surface area contributed by atoms with Crippen molar-refractivity contribution < 1.29 is 26.4 Å². The number of hydrogen-bond donors (Lipinski definition) is 1. The lowest BCUT2D eigenvalue weighted by Gasteiger charge is -2.12. The third kappa shape index (κ3) is 6.70. The first-order valence-electron chi connectivity index (χ1n) is 9.93. The van der Waals surface area contributed by atoms with Crippen molar-refractivity contribution in [1.29, 1.82) is 0 Å². The van der Waals surface area contributed by atoms with Crippen LogP contribution in [0.4, 0.5) is 18.9 Å². The van der Waals surface area contributed by atoms with Crippen molar-refractivity contribution in [3.8, 4) is 0 Å². The molecule has 31 heavy (non-hydrogen) atoms. The van der Waals surface area contributed by atoms with Crippen molar-refractivity contribution >= 4 is 33.2 Å². The van der Waals surface area contributed by atoms with Gasteiger partial charge in [0.25, 0.3) is 0 Å². The van der Waals surface area contributed by atoms with Crippen molar-refractivity contribution in [2.75, 3.05) is 16.8 Å². The Balaban J connectivity index is 1.61. The summed E-state index contributed by atoms with van der Waals surface area (Å²) in [7, 11) is -3.90. The highest BCUT2D eigenvalue weighted by Crippen LogP contribution is 2.32. The molecular weight excluding hydrogens is 449 g/mol. The van der Waals surface area contributed by atoms with E-state index in [1.165, 1.54) is 6.20 Å². The Morgan fingerprint density at radius 1 is 1.16 bits per heavy atom.